The Hall–Kier alpha value is -2.64. The van der Waals surface area contributed by atoms with Crippen molar-refractivity contribution in [1.82, 2.24) is 9.55 Å². The first-order chi connectivity index (χ1) is 9.90. The Bertz CT molecular complexity index is 669. The lowest BCUT2D eigenvalue weighted by atomic mass is 10.2. The smallest absolute Gasteiger partial charge is 0.295 e. The second kappa shape index (κ2) is 5.78. The van der Waals surface area contributed by atoms with Crippen molar-refractivity contribution in [2.45, 2.75) is 6.54 Å². The van der Waals surface area contributed by atoms with Crippen LogP contribution in [0.4, 0.5) is 21.7 Å². The minimum Gasteiger partial charge on any atom is -0.374 e. The number of nitrogens with one attached hydrogen (secondary N) is 1. The van der Waals surface area contributed by atoms with Crippen molar-refractivity contribution < 1.29 is 9.31 Å². The van der Waals surface area contributed by atoms with Crippen LogP contribution in [0, 0.1) is 15.9 Å². The summed E-state index contributed by atoms with van der Waals surface area (Å²) in [5.74, 6) is 0.142. The van der Waals surface area contributed by atoms with E-state index in [4.69, 9.17) is 0 Å². The lowest BCUT2D eigenvalue weighted by Crippen LogP contribution is -2.15. The molecule has 2 rings (SSSR count). The van der Waals surface area contributed by atoms with E-state index < -0.39 is 10.7 Å². The fourth-order valence-corrected chi connectivity index (χ4v) is 2.00. The van der Waals surface area contributed by atoms with E-state index in [1.807, 2.05) is 30.6 Å². The number of nitrogens with zero attached hydrogens (tertiary/aromatic N) is 4. The summed E-state index contributed by atoms with van der Waals surface area (Å²) in [5, 5.41) is 13.9. The molecule has 0 saturated heterocycles. The second-order valence-corrected chi connectivity index (χ2v) is 4.78. The summed E-state index contributed by atoms with van der Waals surface area (Å²) in [5.41, 5.74) is 0.844. The van der Waals surface area contributed by atoms with Crippen molar-refractivity contribution in [3.63, 3.8) is 0 Å². The van der Waals surface area contributed by atoms with Crippen molar-refractivity contribution in [2.24, 2.45) is 7.05 Å². The van der Waals surface area contributed by atoms with Crippen LogP contribution in [0.3, 0.4) is 0 Å². The minimum absolute atomic E-state index is 0.272. The predicted molar refractivity (Wildman–Crippen MR) is 77.9 cm³/mol. The zero-order valence-corrected chi connectivity index (χ0v) is 12.0. The number of hydrogen-bond acceptors (Lipinski definition) is 5. The van der Waals surface area contributed by atoms with Gasteiger partial charge in [0.15, 0.2) is 0 Å². The molecule has 0 amide bonds. The summed E-state index contributed by atoms with van der Waals surface area (Å²) in [6, 6.07) is 3.44. The summed E-state index contributed by atoms with van der Waals surface area (Å²) in [6.07, 6.45) is 1.69. The summed E-state index contributed by atoms with van der Waals surface area (Å²) < 4.78 is 15.0. The Morgan fingerprint density at radius 2 is 2.19 bits per heavy atom. The molecule has 1 aromatic heterocycles. The number of rotatable bonds is 5. The maximum absolute atomic E-state index is 13.1. The van der Waals surface area contributed by atoms with E-state index in [1.165, 1.54) is 12.1 Å². The summed E-state index contributed by atoms with van der Waals surface area (Å²) >= 11 is 0. The molecule has 7 nitrogen and oxygen atoms in total. The summed E-state index contributed by atoms with van der Waals surface area (Å²) in [7, 11) is 5.62. The van der Waals surface area contributed by atoms with E-state index in [1.54, 1.807) is 6.20 Å². The molecule has 1 heterocycles. The Labute approximate surface area is 121 Å². The molecule has 8 heteroatoms. The molecular weight excluding hydrogens is 277 g/mol. The maximum Gasteiger partial charge on any atom is 0.295 e. The molecule has 0 atom stereocenters. The molecular formula is C13H16FN5O2. The fourth-order valence-electron chi connectivity index (χ4n) is 2.00. The third kappa shape index (κ3) is 3.10. The first-order valence-corrected chi connectivity index (χ1v) is 6.26. The zero-order chi connectivity index (χ0) is 15.6. The van der Waals surface area contributed by atoms with E-state index in [0.717, 1.165) is 17.7 Å². The van der Waals surface area contributed by atoms with Gasteiger partial charge in [0.05, 0.1) is 29.4 Å². The highest BCUT2D eigenvalue weighted by molar-refractivity contribution is 5.61. The molecule has 2 aromatic rings. The molecule has 0 bridgehead atoms. The number of hydrogen-bond donors (Lipinski definition) is 1. The minimum atomic E-state index is -0.636. The SMILES string of the molecule is CN(C)c1ncc(CNc2ccc(F)cc2[N+](=O)[O-])n1C. The summed E-state index contributed by atoms with van der Waals surface area (Å²) in [4.78, 5) is 16.4. The number of imidazole rings is 1. The first-order valence-electron chi connectivity index (χ1n) is 6.26. The Kier molecular flexibility index (Phi) is 4.06. The fraction of sp³-hybridized carbons (Fsp3) is 0.308. The molecule has 0 aliphatic heterocycles. The third-order valence-electron chi connectivity index (χ3n) is 3.08. The van der Waals surface area contributed by atoms with Crippen molar-refractivity contribution in [3.8, 4) is 0 Å². The van der Waals surface area contributed by atoms with Gasteiger partial charge in [0.1, 0.15) is 11.5 Å². The highest BCUT2D eigenvalue weighted by atomic mass is 19.1. The molecule has 0 saturated carbocycles. The number of halogens is 1. The third-order valence-corrected chi connectivity index (χ3v) is 3.08. The van der Waals surface area contributed by atoms with Crippen LogP contribution in [0.15, 0.2) is 24.4 Å². The van der Waals surface area contributed by atoms with Gasteiger partial charge in [0.2, 0.25) is 5.95 Å². The Morgan fingerprint density at radius 3 is 2.76 bits per heavy atom. The average molecular weight is 293 g/mol. The van der Waals surface area contributed by atoms with Gasteiger partial charge in [-0.15, -0.1) is 0 Å². The quantitative estimate of drug-likeness (QED) is 0.675. The van der Waals surface area contributed by atoms with Crippen LogP contribution in [0.25, 0.3) is 0 Å². The van der Waals surface area contributed by atoms with Gasteiger partial charge in [-0.3, -0.25) is 10.1 Å². The topological polar surface area (TPSA) is 76.2 Å². The largest absolute Gasteiger partial charge is 0.374 e. The lowest BCUT2D eigenvalue weighted by Gasteiger charge is -2.13. The van der Waals surface area contributed by atoms with E-state index >= 15 is 0 Å². The van der Waals surface area contributed by atoms with Crippen LogP contribution in [-0.2, 0) is 13.6 Å². The molecule has 0 aliphatic carbocycles. The predicted octanol–water partition coefficient (Wildman–Crippen LogP) is 2.15. The number of aromatic nitrogens is 2. The van der Waals surface area contributed by atoms with E-state index in [2.05, 4.69) is 10.3 Å². The van der Waals surface area contributed by atoms with Crippen LogP contribution in [0.1, 0.15) is 5.69 Å². The van der Waals surface area contributed by atoms with Crippen LogP contribution in [0.2, 0.25) is 0 Å². The van der Waals surface area contributed by atoms with Gasteiger partial charge < -0.3 is 14.8 Å². The molecule has 0 unspecified atom stereocenters. The number of anilines is 2. The highest BCUT2D eigenvalue weighted by Gasteiger charge is 2.15. The highest BCUT2D eigenvalue weighted by Crippen LogP contribution is 2.25. The number of nitro groups is 1. The van der Waals surface area contributed by atoms with E-state index in [-0.39, 0.29) is 11.4 Å². The Morgan fingerprint density at radius 1 is 1.48 bits per heavy atom. The van der Waals surface area contributed by atoms with Gasteiger partial charge in [0, 0.05) is 21.1 Å². The number of benzene rings is 1. The van der Waals surface area contributed by atoms with Crippen LogP contribution >= 0.6 is 0 Å². The molecule has 0 fully saturated rings. The monoisotopic (exact) mass is 293 g/mol. The van der Waals surface area contributed by atoms with Crippen LogP contribution < -0.4 is 10.2 Å². The molecule has 0 spiro atoms. The maximum atomic E-state index is 13.1. The van der Waals surface area contributed by atoms with Crippen molar-refractivity contribution in [3.05, 3.63) is 46.0 Å². The van der Waals surface area contributed by atoms with E-state index in [0.29, 0.717) is 6.54 Å². The van der Waals surface area contributed by atoms with Gasteiger partial charge >= 0.3 is 0 Å². The van der Waals surface area contributed by atoms with Gasteiger partial charge in [-0.1, -0.05) is 0 Å². The van der Waals surface area contributed by atoms with Crippen LogP contribution in [-0.4, -0.2) is 28.6 Å². The molecule has 112 valence electrons. The Balaban J connectivity index is 2.19. The standard InChI is InChI=1S/C13H16FN5O2/c1-17(2)13-16-8-10(18(13)3)7-15-11-5-4-9(14)6-12(11)19(20)21/h4-6,8,15H,7H2,1-3H3. The van der Waals surface area contributed by atoms with Crippen molar-refractivity contribution in [1.29, 1.82) is 0 Å². The van der Waals surface area contributed by atoms with Gasteiger partial charge in [-0.05, 0) is 12.1 Å². The van der Waals surface area contributed by atoms with Gasteiger partial charge in [-0.2, -0.15) is 0 Å². The van der Waals surface area contributed by atoms with Gasteiger partial charge in [0.25, 0.3) is 5.69 Å². The zero-order valence-electron chi connectivity index (χ0n) is 12.0. The van der Waals surface area contributed by atoms with Gasteiger partial charge in [-0.25, -0.2) is 9.37 Å². The van der Waals surface area contributed by atoms with E-state index in [9.17, 15) is 14.5 Å². The lowest BCUT2D eigenvalue weighted by molar-refractivity contribution is -0.384. The molecule has 0 radical (unpaired) electrons. The average Bonchev–Trinajstić information content (AvgIpc) is 2.78. The van der Waals surface area contributed by atoms with Crippen LogP contribution in [0.5, 0.6) is 0 Å². The van der Waals surface area contributed by atoms with Crippen molar-refractivity contribution in [2.75, 3.05) is 24.3 Å². The second-order valence-electron chi connectivity index (χ2n) is 4.78. The molecule has 0 aliphatic rings. The molecule has 1 N–H and O–H groups in total. The number of nitro benzene ring substituents is 1. The molecule has 1 aromatic carbocycles. The summed E-state index contributed by atoms with van der Waals surface area (Å²) in [6.45, 7) is 0.351. The van der Waals surface area contributed by atoms with Crippen molar-refractivity contribution >= 4 is 17.3 Å². The normalized spacial score (nSPS) is 10.5. The first kappa shape index (κ1) is 14.8. The molecule has 21 heavy (non-hydrogen) atoms.